The van der Waals surface area contributed by atoms with Gasteiger partial charge >= 0.3 is 0 Å². The predicted octanol–water partition coefficient (Wildman–Crippen LogP) is 4.90. The van der Waals surface area contributed by atoms with Crippen LogP contribution in [0.1, 0.15) is 56.2 Å². The van der Waals surface area contributed by atoms with Crippen LogP contribution in [-0.2, 0) is 0 Å². The summed E-state index contributed by atoms with van der Waals surface area (Å²) >= 11 is 6.34. The van der Waals surface area contributed by atoms with Gasteiger partial charge in [0.1, 0.15) is 0 Å². The predicted molar refractivity (Wildman–Crippen MR) is 64.4 cm³/mol. The van der Waals surface area contributed by atoms with Crippen molar-refractivity contribution in [1.82, 2.24) is 0 Å². The van der Waals surface area contributed by atoms with E-state index in [-0.39, 0.29) is 0 Å². The topological polar surface area (TPSA) is 0 Å². The zero-order valence-corrected chi connectivity index (χ0v) is 10.4. The molecule has 0 nitrogen and oxygen atoms in total. The Labute approximate surface area is 92.3 Å². The van der Waals surface area contributed by atoms with Crippen molar-refractivity contribution in [2.45, 2.75) is 46.5 Å². The van der Waals surface area contributed by atoms with Crippen molar-refractivity contribution in [3.8, 4) is 0 Å². The molecule has 0 spiro atoms. The van der Waals surface area contributed by atoms with Gasteiger partial charge in [-0.25, -0.2) is 0 Å². The van der Waals surface area contributed by atoms with Crippen LogP contribution in [0.15, 0.2) is 12.1 Å². The Morgan fingerprint density at radius 2 is 1.36 bits per heavy atom. The van der Waals surface area contributed by atoms with Crippen LogP contribution in [0.3, 0.4) is 0 Å². The minimum atomic E-state index is 0.502. The molecule has 0 aliphatic heterocycles. The average molecular weight is 211 g/mol. The van der Waals surface area contributed by atoms with E-state index in [2.05, 4.69) is 46.8 Å². The number of benzene rings is 1. The summed E-state index contributed by atoms with van der Waals surface area (Å²) in [6, 6.07) is 4.37. The molecule has 0 radical (unpaired) electrons. The molecule has 0 amide bonds. The number of hydrogen-bond acceptors (Lipinski definition) is 0. The number of rotatable bonds is 2. The maximum atomic E-state index is 6.34. The molecule has 0 heterocycles. The molecule has 0 aliphatic carbocycles. The van der Waals surface area contributed by atoms with Crippen LogP contribution < -0.4 is 0 Å². The highest BCUT2D eigenvalue weighted by Crippen LogP contribution is 2.32. The zero-order valence-electron chi connectivity index (χ0n) is 9.69. The van der Waals surface area contributed by atoms with E-state index >= 15 is 0 Å². The van der Waals surface area contributed by atoms with Crippen LogP contribution in [0.5, 0.6) is 0 Å². The van der Waals surface area contributed by atoms with Crippen LogP contribution in [0.25, 0.3) is 0 Å². The standard InChI is InChI=1S/C13H19Cl/c1-8(2)11-6-7-12(9(3)4)13(14)10(11)5/h6-9H,1-5H3. The third-order valence-corrected chi connectivity index (χ3v) is 3.20. The Morgan fingerprint density at radius 1 is 0.929 bits per heavy atom. The molecule has 0 saturated heterocycles. The minimum Gasteiger partial charge on any atom is -0.0837 e. The summed E-state index contributed by atoms with van der Waals surface area (Å²) in [7, 11) is 0. The van der Waals surface area contributed by atoms with Gasteiger partial charge in [-0.15, -0.1) is 0 Å². The molecule has 78 valence electrons. The van der Waals surface area contributed by atoms with Gasteiger partial charge in [0.15, 0.2) is 0 Å². The van der Waals surface area contributed by atoms with E-state index in [1.54, 1.807) is 0 Å². The van der Waals surface area contributed by atoms with Crippen molar-refractivity contribution in [3.05, 3.63) is 33.8 Å². The Hall–Kier alpha value is -0.490. The van der Waals surface area contributed by atoms with Crippen LogP contribution in [0, 0.1) is 6.92 Å². The molecule has 0 aliphatic rings. The summed E-state index contributed by atoms with van der Waals surface area (Å²) in [5.41, 5.74) is 3.86. The Balaban J connectivity index is 3.26. The van der Waals surface area contributed by atoms with Gasteiger partial charge in [0.25, 0.3) is 0 Å². The van der Waals surface area contributed by atoms with Gasteiger partial charge in [0.05, 0.1) is 0 Å². The summed E-state index contributed by atoms with van der Waals surface area (Å²) in [5.74, 6) is 1.05. The van der Waals surface area contributed by atoms with E-state index < -0.39 is 0 Å². The van der Waals surface area contributed by atoms with Crippen molar-refractivity contribution >= 4 is 11.6 Å². The van der Waals surface area contributed by atoms with Gasteiger partial charge in [0.2, 0.25) is 0 Å². The van der Waals surface area contributed by atoms with Crippen molar-refractivity contribution in [3.63, 3.8) is 0 Å². The Kier molecular flexibility index (Phi) is 3.60. The summed E-state index contributed by atoms with van der Waals surface area (Å²) in [5, 5.41) is 0.950. The maximum absolute atomic E-state index is 6.34. The average Bonchev–Trinajstić information content (AvgIpc) is 2.08. The van der Waals surface area contributed by atoms with Gasteiger partial charge in [-0.05, 0) is 35.4 Å². The van der Waals surface area contributed by atoms with E-state index in [1.807, 2.05) is 0 Å². The first-order valence-corrected chi connectivity index (χ1v) is 5.61. The van der Waals surface area contributed by atoms with Gasteiger partial charge in [-0.2, -0.15) is 0 Å². The normalized spacial score (nSPS) is 11.4. The van der Waals surface area contributed by atoms with Crippen molar-refractivity contribution in [1.29, 1.82) is 0 Å². The lowest BCUT2D eigenvalue weighted by Gasteiger charge is -2.16. The smallest absolute Gasteiger partial charge is 0.0472 e. The Bertz CT molecular complexity index is 291. The van der Waals surface area contributed by atoms with Crippen molar-refractivity contribution in [2.24, 2.45) is 0 Å². The molecule has 0 unspecified atom stereocenters. The third-order valence-electron chi connectivity index (χ3n) is 2.70. The molecule has 1 heteroatoms. The summed E-state index contributed by atoms with van der Waals surface area (Å²) in [6.45, 7) is 10.9. The van der Waals surface area contributed by atoms with Crippen LogP contribution in [0.4, 0.5) is 0 Å². The highest BCUT2D eigenvalue weighted by Gasteiger charge is 2.12. The second kappa shape index (κ2) is 4.35. The number of hydrogen-bond donors (Lipinski definition) is 0. The second-order valence-corrected chi connectivity index (χ2v) is 4.87. The number of halogens is 1. The van der Waals surface area contributed by atoms with Crippen molar-refractivity contribution in [2.75, 3.05) is 0 Å². The van der Waals surface area contributed by atoms with E-state index in [4.69, 9.17) is 11.6 Å². The summed E-state index contributed by atoms with van der Waals surface area (Å²) in [4.78, 5) is 0. The summed E-state index contributed by atoms with van der Waals surface area (Å²) in [6.07, 6.45) is 0. The van der Waals surface area contributed by atoms with E-state index in [0.717, 1.165) is 5.02 Å². The Morgan fingerprint density at radius 3 is 1.79 bits per heavy atom. The fourth-order valence-electron chi connectivity index (χ4n) is 1.79. The van der Waals surface area contributed by atoms with Gasteiger partial charge in [0, 0.05) is 5.02 Å². The van der Waals surface area contributed by atoms with E-state index in [1.165, 1.54) is 16.7 Å². The lowest BCUT2D eigenvalue weighted by atomic mass is 9.93. The molecule has 0 bridgehead atoms. The molecule has 0 N–H and O–H groups in total. The lowest BCUT2D eigenvalue weighted by Crippen LogP contribution is -1.97. The van der Waals surface area contributed by atoms with Crippen LogP contribution in [0.2, 0.25) is 5.02 Å². The molecular weight excluding hydrogens is 192 g/mol. The van der Waals surface area contributed by atoms with Crippen molar-refractivity contribution < 1.29 is 0 Å². The SMILES string of the molecule is Cc1c(C(C)C)ccc(C(C)C)c1Cl. The highest BCUT2D eigenvalue weighted by molar-refractivity contribution is 6.32. The molecule has 14 heavy (non-hydrogen) atoms. The minimum absolute atomic E-state index is 0.502. The van der Waals surface area contributed by atoms with Gasteiger partial charge in [-0.3, -0.25) is 0 Å². The quantitative estimate of drug-likeness (QED) is 0.652. The molecule has 0 atom stereocenters. The zero-order chi connectivity index (χ0) is 10.9. The molecule has 1 aromatic rings. The first-order chi connectivity index (χ1) is 6.45. The monoisotopic (exact) mass is 210 g/mol. The largest absolute Gasteiger partial charge is 0.0837 e. The second-order valence-electron chi connectivity index (χ2n) is 4.49. The maximum Gasteiger partial charge on any atom is 0.0472 e. The van der Waals surface area contributed by atoms with Crippen LogP contribution in [-0.4, -0.2) is 0 Å². The first kappa shape index (κ1) is 11.6. The van der Waals surface area contributed by atoms with Gasteiger partial charge in [-0.1, -0.05) is 51.4 Å². The van der Waals surface area contributed by atoms with E-state index in [0.29, 0.717) is 11.8 Å². The summed E-state index contributed by atoms with van der Waals surface area (Å²) < 4.78 is 0. The molecule has 1 aromatic carbocycles. The lowest BCUT2D eigenvalue weighted by molar-refractivity contribution is 0.836. The highest BCUT2D eigenvalue weighted by atomic mass is 35.5. The molecular formula is C13H19Cl. The van der Waals surface area contributed by atoms with Crippen LogP contribution >= 0.6 is 11.6 Å². The molecule has 0 fully saturated rings. The van der Waals surface area contributed by atoms with E-state index in [9.17, 15) is 0 Å². The first-order valence-electron chi connectivity index (χ1n) is 5.24. The third kappa shape index (κ3) is 2.12. The molecule has 0 saturated carbocycles. The fraction of sp³-hybridized carbons (Fsp3) is 0.538. The molecule has 0 aromatic heterocycles. The fourth-order valence-corrected chi connectivity index (χ4v) is 2.18. The molecule has 1 rings (SSSR count). The van der Waals surface area contributed by atoms with Gasteiger partial charge < -0.3 is 0 Å².